The van der Waals surface area contributed by atoms with Crippen LogP contribution in [0.5, 0.6) is 0 Å². The fourth-order valence-electron chi connectivity index (χ4n) is 3.11. The quantitative estimate of drug-likeness (QED) is 0.837. The van der Waals surface area contributed by atoms with Crippen LogP contribution in [0.15, 0.2) is 24.3 Å². The van der Waals surface area contributed by atoms with Gasteiger partial charge in [0.2, 0.25) is 0 Å². The first-order valence-electron chi connectivity index (χ1n) is 7.00. The van der Waals surface area contributed by atoms with Crippen molar-refractivity contribution in [3.63, 3.8) is 0 Å². The molecule has 0 heterocycles. The van der Waals surface area contributed by atoms with Gasteiger partial charge < -0.3 is 0 Å². The lowest BCUT2D eigenvalue weighted by Gasteiger charge is -2.41. The van der Waals surface area contributed by atoms with E-state index < -0.39 is 0 Å². The minimum absolute atomic E-state index is 0.263. The van der Waals surface area contributed by atoms with Crippen LogP contribution in [0.25, 0.3) is 0 Å². The van der Waals surface area contributed by atoms with Gasteiger partial charge in [-0.05, 0) is 44.6 Å². The second-order valence-electron chi connectivity index (χ2n) is 5.72. The molecule has 1 aliphatic rings. The molecule has 0 bridgehead atoms. The number of likely N-dealkylation sites (N-methyl/N-ethyl adjacent to an activating group) is 1. The van der Waals surface area contributed by atoms with Crippen molar-refractivity contribution in [2.45, 2.75) is 44.1 Å². The maximum absolute atomic E-state index is 12.8. The molecule has 0 aromatic heterocycles. The molecule has 0 aliphatic heterocycles. The van der Waals surface area contributed by atoms with Crippen molar-refractivity contribution in [3.8, 4) is 0 Å². The molecule has 1 aromatic rings. The van der Waals surface area contributed by atoms with Gasteiger partial charge in [-0.25, -0.2) is 0 Å². The molecule has 0 atom stereocenters. The summed E-state index contributed by atoms with van der Waals surface area (Å²) in [6.07, 6.45) is 6.01. The van der Waals surface area contributed by atoms with Gasteiger partial charge in [-0.1, -0.05) is 43.0 Å². The minimum Gasteiger partial charge on any atom is -0.297 e. The molecule has 1 aromatic carbocycles. The summed E-state index contributed by atoms with van der Waals surface area (Å²) in [5.41, 5.74) is 0.755. The summed E-state index contributed by atoms with van der Waals surface area (Å²) in [5.74, 6) is 0.333. The fraction of sp³-hybridized carbons (Fsp3) is 0.562. The van der Waals surface area contributed by atoms with E-state index >= 15 is 0 Å². The number of hydrogen-bond acceptors (Lipinski definition) is 2. The second kappa shape index (κ2) is 6.06. The Bertz CT molecular complexity index is 450. The summed E-state index contributed by atoms with van der Waals surface area (Å²) < 4.78 is 0. The van der Waals surface area contributed by atoms with Crippen molar-refractivity contribution in [3.05, 3.63) is 34.9 Å². The monoisotopic (exact) mass is 279 g/mol. The molecule has 1 fully saturated rings. The van der Waals surface area contributed by atoms with Gasteiger partial charge in [-0.3, -0.25) is 9.69 Å². The molecule has 0 N–H and O–H groups in total. The van der Waals surface area contributed by atoms with Crippen LogP contribution >= 0.6 is 11.6 Å². The number of nitrogens with zero attached hydrogens (tertiary/aromatic N) is 1. The molecular weight excluding hydrogens is 258 g/mol. The van der Waals surface area contributed by atoms with Crippen molar-refractivity contribution >= 4 is 17.4 Å². The number of carbonyl (C=O) groups excluding carboxylic acids is 1. The van der Waals surface area contributed by atoms with Crippen LogP contribution in [0.2, 0.25) is 5.02 Å². The molecule has 0 unspecified atom stereocenters. The molecule has 104 valence electrons. The van der Waals surface area contributed by atoms with E-state index in [4.69, 9.17) is 11.6 Å². The summed E-state index contributed by atoms with van der Waals surface area (Å²) in [6.45, 7) is 0. The van der Waals surface area contributed by atoms with E-state index in [0.29, 0.717) is 17.2 Å². The van der Waals surface area contributed by atoms with Gasteiger partial charge in [-0.2, -0.15) is 0 Å². The highest BCUT2D eigenvalue weighted by Gasteiger charge is 2.40. The highest BCUT2D eigenvalue weighted by Crippen LogP contribution is 2.34. The number of hydrogen-bond donors (Lipinski definition) is 0. The van der Waals surface area contributed by atoms with E-state index in [1.54, 1.807) is 0 Å². The van der Waals surface area contributed by atoms with Crippen molar-refractivity contribution in [1.29, 1.82) is 0 Å². The maximum Gasteiger partial charge on any atom is 0.157 e. The summed E-state index contributed by atoms with van der Waals surface area (Å²) in [4.78, 5) is 14.9. The molecule has 2 nitrogen and oxygen atoms in total. The van der Waals surface area contributed by atoms with Gasteiger partial charge in [0.1, 0.15) is 0 Å². The third kappa shape index (κ3) is 3.18. The van der Waals surface area contributed by atoms with Crippen molar-refractivity contribution < 1.29 is 4.79 Å². The van der Waals surface area contributed by atoms with Crippen molar-refractivity contribution in [2.24, 2.45) is 0 Å². The smallest absolute Gasteiger partial charge is 0.157 e. The Hall–Kier alpha value is -0.860. The van der Waals surface area contributed by atoms with Gasteiger partial charge in [0.05, 0.1) is 5.54 Å². The van der Waals surface area contributed by atoms with E-state index in [9.17, 15) is 4.79 Å². The Morgan fingerprint density at radius 2 is 1.95 bits per heavy atom. The normalized spacial score (nSPS) is 18.5. The first kappa shape index (κ1) is 14.5. The Kier molecular flexibility index (Phi) is 4.64. The van der Waals surface area contributed by atoms with Crippen LogP contribution in [0.3, 0.4) is 0 Å². The molecule has 1 aliphatic carbocycles. The zero-order chi connectivity index (χ0) is 13.9. The third-order valence-corrected chi connectivity index (χ3v) is 4.54. The average molecular weight is 280 g/mol. The molecule has 19 heavy (non-hydrogen) atoms. The molecule has 0 amide bonds. The summed E-state index contributed by atoms with van der Waals surface area (Å²) in [6, 6.07) is 7.63. The molecule has 3 heteroatoms. The Morgan fingerprint density at radius 3 is 2.53 bits per heavy atom. The highest BCUT2D eigenvalue weighted by molar-refractivity contribution is 6.30. The Labute approximate surface area is 120 Å². The number of benzene rings is 1. The van der Waals surface area contributed by atoms with Crippen LogP contribution in [-0.4, -0.2) is 30.3 Å². The van der Waals surface area contributed by atoms with Gasteiger partial charge in [0, 0.05) is 11.4 Å². The lowest BCUT2D eigenvalue weighted by molar-refractivity contribution is -0.131. The first-order valence-corrected chi connectivity index (χ1v) is 7.37. The molecular formula is C16H22ClNO. The summed E-state index contributed by atoms with van der Waals surface area (Å²) in [5, 5.41) is 0.702. The number of ketones is 1. The predicted octanol–water partition coefficient (Wildman–Crippen LogP) is 3.72. The van der Waals surface area contributed by atoms with Gasteiger partial charge >= 0.3 is 0 Å². The molecule has 2 rings (SSSR count). The van der Waals surface area contributed by atoms with E-state index in [-0.39, 0.29) is 5.54 Å². The number of halogens is 1. The zero-order valence-electron chi connectivity index (χ0n) is 11.8. The van der Waals surface area contributed by atoms with Crippen LogP contribution in [-0.2, 0) is 11.2 Å². The Balaban J connectivity index is 2.16. The van der Waals surface area contributed by atoms with E-state index in [1.165, 1.54) is 6.42 Å². The second-order valence-corrected chi connectivity index (χ2v) is 6.15. The highest BCUT2D eigenvalue weighted by atomic mass is 35.5. The van der Waals surface area contributed by atoms with E-state index in [0.717, 1.165) is 31.2 Å². The summed E-state index contributed by atoms with van der Waals surface area (Å²) in [7, 11) is 4.06. The Morgan fingerprint density at radius 1 is 1.26 bits per heavy atom. The zero-order valence-corrected chi connectivity index (χ0v) is 12.5. The SMILES string of the molecule is CN(C)C1(C(=O)Cc2cccc(Cl)c2)CCCCC1. The topological polar surface area (TPSA) is 20.3 Å². The molecule has 0 radical (unpaired) electrons. The standard InChI is InChI=1S/C16H22ClNO/c1-18(2)16(9-4-3-5-10-16)15(19)12-13-7-6-8-14(17)11-13/h6-8,11H,3-5,9-10,12H2,1-2H3. The van der Waals surface area contributed by atoms with E-state index in [2.05, 4.69) is 4.90 Å². The van der Waals surface area contributed by atoms with E-state index in [1.807, 2.05) is 38.4 Å². The van der Waals surface area contributed by atoms with Crippen LogP contribution in [0.1, 0.15) is 37.7 Å². The lowest BCUT2D eigenvalue weighted by atomic mass is 9.76. The number of rotatable bonds is 4. The molecule has 0 spiro atoms. The van der Waals surface area contributed by atoms with Crippen molar-refractivity contribution in [2.75, 3.05) is 14.1 Å². The number of carbonyl (C=O) groups is 1. The average Bonchev–Trinajstić information content (AvgIpc) is 2.39. The van der Waals surface area contributed by atoms with Gasteiger partial charge in [0.25, 0.3) is 0 Å². The van der Waals surface area contributed by atoms with Crippen LogP contribution < -0.4 is 0 Å². The largest absolute Gasteiger partial charge is 0.297 e. The fourth-order valence-corrected chi connectivity index (χ4v) is 3.32. The third-order valence-electron chi connectivity index (χ3n) is 4.31. The molecule has 0 saturated heterocycles. The first-order chi connectivity index (χ1) is 9.04. The van der Waals surface area contributed by atoms with Crippen LogP contribution in [0.4, 0.5) is 0 Å². The summed E-state index contributed by atoms with van der Waals surface area (Å²) >= 11 is 5.99. The van der Waals surface area contributed by atoms with Gasteiger partial charge in [-0.15, -0.1) is 0 Å². The van der Waals surface area contributed by atoms with Gasteiger partial charge in [0.15, 0.2) is 5.78 Å². The molecule has 1 saturated carbocycles. The predicted molar refractivity (Wildman–Crippen MR) is 79.7 cm³/mol. The lowest BCUT2D eigenvalue weighted by Crippen LogP contribution is -2.53. The van der Waals surface area contributed by atoms with Crippen molar-refractivity contribution in [1.82, 2.24) is 4.90 Å². The number of Topliss-reactive ketones (excluding diaryl/α,β-unsaturated/α-hetero) is 1. The van der Waals surface area contributed by atoms with Crippen LogP contribution in [0, 0.1) is 0 Å². The maximum atomic E-state index is 12.8. The minimum atomic E-state index is -0.263.